The van der Waals surface area contributed by atoms with Gasteiger partial charge in [-0.15, -0.1) is 0 Å². The molecule has 0 saturated carbocycles. The van der Waals surface area contributed by atoms with Gasteiger partial charge in [-0.05, 0) is 41.0 Å². The fourth-order valence-electron chi connectivity index (χ4n) is 3.21. The fraction of sp³-hybridized carbons (Fsp3) is 0.682. The van der Waals surface area contributed by atoms with E-state index < -0.39 is 37.6 Å². The lowest BCUT2D eigenvalue weighted by molar-refractivity contribution is -0.149. The van der Waals surface area contributed by atoms with Crippen LogP contribution in [0.1, 0.15) is 54.4 Å². The molecule has 202 valence electrons. The van der Waals surface area contributed by atoms with Gasteiger partial charge in [0.25, 0.3) is 0 Å². The number of hydrogen-bond acceptors (Lipinski definition) is 10. The Morgan fingerprint density at radius 3 is 2.39 bits per heavy atom. The van der Waals surface area contributed by atoms with Crippen LogP contribution in [0.3, 0.4) is 0 Å². The van der Waals surface area contributed by atoms with Gasteiger partial charge in [0.2, 0.25) is 7.44 Å². The number of hydrogen-bond donors (Lipinski definition) is 3. The minimum absolute atomic E-state index is 0.271. The third-order valence-corrected chi connectivity index (χ3v) is 7.15. The van der Waals surface area contributed by atoms with Crippen molar-refractivity contribution in [2.24, 2.45) is 0 Å². The Balaban J connectivity index is 2.09. The SMILES string of the molecule is CCCCOC(=O)[C@@H](C)N[P@@](=O)(CO[C@H](C)Cn1cnc2c(N)ncnc21)N[C@@H](C)C(=O)OC(C)C. The van der Waals surface area contributed by atoms with Crippen molar-refractivity contribution < 1.29 is 28.4 Å². The van der Waals surface area contributed by atoms with Gasteiger partial charge < -0.3 is 24.5 Å². The van der Waals surface area contributed by atoms with Gasteiger partial charge in [-0.25, -0.2) is 25.1 Å². The van der Waals surface area contributed by atoms with Gasteiger partial charge in [0.05, 0.1) is 31.7 Å². The van der Waals surface area contributed by atoms with Crippen molar-refractivity contribution in [3.05, 3.63) is 12.7 Å². The Morgan fingerprint density at radius 2 is 1.75 bits per heavy atom. The predicted octanol–water partition coefficient (Wildman–Crippen LogP) is 2.22. The van der Waals surface area contributed by atoms with Crippen LogP contribution in [-0.4, -0.2) is 68.7 Å². The molecular weight excluding hydrogens is 489 g/mol. The van der Waals surface area contributed by atoms with Crippen molar-refractivity contribution in [3.8, 4) is 0 Å². The lowest BCUT2D eigenvalue weighted by Crippen LogP contribution is -2.43. The van der Waals surface area contributed by atoms with E-state index in [1.54, 1.807) is 38.6 Å². The molecule has 2 aromatic rings. The van der Waals surface area contributed by atoms with Gasteiger partial charge in [0.1, 0.15) is 30.3 Å². The first kappa shape index (κ1) is 29.6. The van der Waals surface area contributed by atoms with Crippen LogP contribution in [-0.2, 0) is 34.9 Å². The number of carbonyl (C=O) groups excluding carboxylic acids is 2. The monoisotopic (exact) mass is 527 g/mol. The molecule has 2 heterocycles. The first-order valence-electron chi connectivity index (χ1n) is 12.0. The average Bonchev–Trinajstić information content (AvgIpc) is 3.21. The quantitative estimate of drug-likeness (QED) is 0.175. The standard InChI is InChI=1S/C22H38N7O6P/c1-7-8-9-33-21(30)16(5)27-36(32,28-17(6)22(31)35-14(2)3)13-34-15(4)10-29-12-26-18-19(23)24-11-25-20(18)29/h11-12,14-17H,7-10,13H2,1-6H3,(H2,23,24,25)(H2,27,28,32)/t15-,16-,17+,36+/m1/s1. The van der Waals surface area contributed by atoms with Crippen molar-refractivity contribution in [3.63, 3.8) is 0 Å². The Labute approximate surface area is 211 Å². The zero-order chi connectivity index (χ0) is 26.9. The molecule has 2 rings (SSSR count). The van der Waals surface area contributed by atoms with Gasteiger partial charge in [-0.3, -0.25) is 14.2 Å². The number of nitrogens with zero attached hydrogens (tertiary/aromatic N) is 4. The largest absolute Gasteiger partial charge is 0.465 e. The smallest absolute Gasteiger partial charge is 0.323 e. The number of nitrogens with one attached hydrogen (secondary N) is 2. The molecule has 0 aliphatic rings. The summed E-state index contributed by atoms with van der Waals surface area (Å²) >= 11 is 0. The Morgan fingerprint density at radius 1 is 1.08 bits per heavy atom. The minimum Gasteiger partial charge on any atom is -0.465 e. The van der Waals surface area contributed by atoms with Crippen LogP contribution in [0.15, 0.2) is 12.7 Å². The maximum Gasteiger partial charge on any atom is 0.323 e. The number of nitrogen functional groups attached to an aromatic ring is 1. The van der Waals surface area contributed by atoms with Crippen molar-refractivity contribution in [1.82, 2.24) is 29.7 Å². The van der Waals surface area contributed by atoms with E-state index in [0.29, 0.717) is 17.7 Å². The normalized spacial score (nSPS) is 15.9. The van der Waals surface area contributed by atoms with E-state index in [2.05, 4.69) is 25.1 Å². The molecule has 0 aliphatic carbocycles. The molecule has 0 spiro atoms. The minimum atomic E-state index is -3.62. The van der Waals surface area contributed by atoms with Crippen molar-refractivity contribution in [1.29, 1.82) is 0 Å². The summed E-state index contributed by atoms with van der Waals surface area (Å²) in [7, 11) is -3.62. The highest BCUT2D eigenvalue weighted by atomic mass is 31.2. The zero-order valence-electron chi connectivity index (χ0n) is 21.8. The van der Waals surface area contributed by atoms with Crippen molar-refractivity contribution in [2.45, 2.75) is 85.2 Å². The summed E-state index contributed by atoms with van der Waals surface area (Å²) in [5, 5.41) is 5.58. The maximum absolute atomic E-state index is 13.8. The molecule has 13 nitrogen and oxygen atoms in total. The van der Waals surface area contributed by atoms with Crippen LogP contribution >= 0.6 is 7.44 Å². The number of imidazole rings is 1. The number of fused-ring (bicyclic) bond motifs is 1. The molecule has 4 N–H and O–H groups in total. The number of anilines is 1. The second kappa shape index (κ2) is 13.6. The maximum atomic E-state index is 13.8. The molecular formula is C22H38N7O6P. The van der Waals surface area contributed by atoms with E-state index in [0.717, 1.165) is 12.8 Å². The number of rotatable bonds is 15. The third-order valence-electron chi connectivity index (χ3n) is 5.03. The van der Waals surface area contributed by atoms with E-state index in [-0.39, 0.29) is 24.9 Å². The average molecular weight is 528 g/mol. The van der Waals surface area contributed by atoms with E-state index >= 15 is 0 Å². The van der Waals surface area contributed by atoms with Crippen molar-refractivity contribution >= 4 is 36.4 Å². The second-order valence-corrected chi connectivity index (χ2v) is 11.1. The second-order valence-electron chi connectivity index (χ2n) is 8.88. The fourth-order valence-corrected chi connectivity index (χ4v) is 5.36. The summed E-state index contributed by atoms with van der Waals surface area (Å²) in [6.45, 7) is 10.9. The van der Waals surface area contributed by atoms with E-state index in [1.807, 2.05) is 6.92 Å². The predicted molar refractivity (Wildman–Crippen MR) is 135 cm³/mol. The van der Waals surface area contributed by atoms with E-state index in [1.165, 1.54) is 13.3 Å². The number of ether oxygens (including phenoxy) is 3. The summed E-state index contributed by atoms with van der Waals surface area (Å²) in [6, 6.07) is -1.81. The zero-order valence-corrected chi connectivity index (χ0v) is 22.7. The number of unbranched alkanes of at least 4 members (excludes halogenated alkanes) is 1. The molecule has 0 aliphatic heterocycles. The van der Waals surface area contributed by atoms with Crippen LogP contribution in [0.5, 0.6) is 0 Å². The summed E-state index contributed by atoms with van der Waals surface area (Å²) in [6.07, 6.45) is 3.46. The molecule has 0 fully saturated rings. The van der Waals surface area contributed by atoms with E-state index in [9.17, 15) is 14.2 Å². The Bertz CT molecular complexity index is 1060. The Hall–Kier alpha value is -2.60. The highest BCUT2D eigenvalue weighted by Crippen LogP contribution is 2.38. The number of carbonyl (C=O) groups is 2. The first-order chi connectivity index (χ1) is 17.0. The van der Waals surface area contributed by atoms with Crippen LogP contribution in [0.2, 0.25) is 0 Å². The van der Waals surface area contributed by atoms with Crippen LogP contribution in [0.25, 0.3) is 11.2 Å². The highest BCUT2D eigenvalue weighted by Gasteiger charge is 2.33. The van der Waals surface area contributed by atoms with Crippen LogP contribution < -0.4 is 15.9 Å². The summed E-state index contributed by atoms with van der Waals surface area (Å²) in [5.41, 5.74) is 6.86. The lowest BCUT2D eigenvalue weighted by atomic mass is 10.3. The topological polar surface area (TPSA) is 173 Å². The van der Waals surface area contributed by atoms with E-state index in [4.69, 9.17) is 19.9 Å². The molecule has 0 aromatic carbocycles. The summed E-state index contributed by atoms with van der Waals surface area (Å²) in [4.78, 5) is 37.0. The summed E-state index contributed by atoms with van der Waals surface area (Å²) in [5.74, 6) is -0.842. The molecule has 14 heteroatoms. The van der Waals surface area contributed by atoms with Gasteiger partial charge in [-0.2, -0.15) is 0 Å². The molecule has 0 saturated heterocycles. The van der Waals surface area contributed by atoms with Gasteiger partial charge in [0, 0.05) is 0 Å². The highest BCUT2D eigenvalue weighted by molar-refractivity contribution is 7.59. The molecule has 4 atom stereocenters. The van der Waals surface area contributed by atoms with Gasteiger partial charge in [-0.1, -0.05) is 13.3 Å². The molecule has 0 amide bonds. The lowest BCUT2D eigenvalue weighted by Gasteiger charge is -2.27. The summed E-state index contributed by atoms with van der Waals surface area (Å²) < 4.78 is 31.9. The molecule has 2 aromatic heterocycles. The Kier molecular flexibility index (Phi) is 11.2. The number of nitrogens with two attached hydrogens (primary N) is 1. The molecule has 36 heavy (non-hydrogen) atoms. The van der Waals surface area contributed by atoms with Crippen LogP contribution in [0, 0.1) is 0 Å². The first-order valence-corrected chi connectivity index (χ1v) is 13.9. The number of aromatic nitrogens is 4. The third kappa shape index (κ3) is 8.81. The van der Waals surface area contributed by atoms with Gasteiger partial charge >= 0.3 is 11.9 Å². The molecule has 0 unspecified atom stereocenters. The van der Waals surface area contributed by atoms with Crippen LogP contribution in [0.4, 0.5) is 5.82 Å². The van der Waals surface area contributed by atoms with Gasteiger partial charge in [0.15, 0.2) is 11.5 Å². The molecule has 0 bridgehead atoms. The number of esters is 2. The molecule has 0 radical (unpaired) electrons. The van der Waals surface area contributed by atoms with Crippen molar-refractivity contribution in [2.75, 3.05) is 18.7 Å².